The number of carbonyl (C=O) groups excluding carboxylic acids is 1. The first-order valence-corrected chi connectivity index (χ1v) is 9.75. The highest BCUT2D eigenvalue weighted by Crippen LogP contribution is 2.41. The van der Waals surface area contributed by atoms with Gasteiger partial charge in [0.05, 0.1) is 23.7 Å². The molecule has 10 heteroatoms. The SMILES string of the molecule is CNC(=O)C1(C)CCC(C)(COC(C)C2C=C(C(F)(F)F)C=C(C(F)(F)F)C2)NC1. The summed E-state index contributed by atoms with van der Waals surface area (Å²) in [6, 6.07) is 0. The fourth-order valence-corrected chi connectivity index (χ4v) is 3.71. The fraction of sp³-hybridized carbons (Fsp3) is 0.750. The van der Waals surface area contributed by atoms with Gasteiger partial charge in [0.1, 0.15) is 0 Å². The van der Waals surface area contributed by atoms with E-state index in [2.05, 4.69) is 10.6 Å². The summed E-state index contributed by atoms with van der Waals surface area (Å²) >= 11 is 0. The maximum absolute atomic E-state index is 13.1. The molecule has 0 aromatic carbocycles. The van der Waals surface area contributed by atoms with Gasteiger partial charge in [0.15, 0.2) is 0 Å². The highest BCUT2D eigenvalue weighted by Gasteiger charge is 2.44. The summed E-state index contributed by atoms with van der Waals surface area (Å²) in [5.74, 6) is -1.14. The minimum Gasteiger partial charge on any atom is -0.376 e. The van der Waals surface area contributed by atoms with Gasteiger partial charge in [0.2, 0.25) is 5.91 Å². The van der Waals surface area contributed by atoms with Gasteiger partial charge in [-0.2, -0.15) is 26.3 Å². The molecular weight excluding hydrogens is 414 g/mol. The summed E-state index contributed by atoms with van der Waals surface area (Å²) in [5.41, 5.74) is -3.62. The monoisotopic (exact) mass is 442 g/mol. The van der Waals surface area contributed by atoms with Crippen LogP contribution >= 0.6 is 0 Å². The third kappa shape index (κ3) is 5.78. The predicted molar refractivity (Wildman–Crippen MR) is 99.6 cm³/mol. The van der Waals surface area contributed by atoms with Crippen LogP contribution in [0.1, 0.15) is 40.0 Å². The first-order chi connectivity index (χ1) is 13.6. The Morgan fingerprint density at radius 2 is 1.87 bits per heavy atom. The Morgan fingerprint density at radius 3 is 2.33 bits per heavy atom. The number of hydrogen-bond donors (Lipinski definition) is 2. The predicted octanol–water partition coefficient (Wildman–Crippen LogP) is 4.28. The van der Waals surface area contributed by atoms with Crippen molar-refractivity contribution in [2.24, 2.45) is 11.3 Å². The Hall–Kier alpha value is -1.55. The zero-order chi connectivity index (χ0) is 23.0. The Morgan fingerprint density at radius 1 is 1.23 bits per heavy atom. The van der Waals surface area contributed by atoms with E-state index in [4.69, 9.17) is 4.74 Å². The lowest BCUT2D eigenvalue weighted by Crippen LogP contribution is -2.58. The van der Waals surface area contributed by atoms with E-state index < -0.39 is 52.9 Å². The molecule has 1 amide bonds. The van der Waals surface area contributed by atoms with Gasteiger partial charge in [-0.05, 0) is 46.1 Å². The highest BCUT2D eigenvalue weighted by molar-refractivity contribution is 5.82. The van der Waals surface area contributed by atoms with Gasteiger partial charge in [0, 0.05) is 30.6 Å². The van der Waals surface area contributed by atoms with Crippen molar-refractivity contribution in [2.75, 3.05) is 20.2 Å². The van der Waals surface area contributed by atoms with E-state index >= 15 is 0 Å². The molecule has 0 aromatic rings. The number of carbonyl (C=O) groups is 1. The van der Waals surface area contributed by atoms with Gasteiger partial charge in [-0.1, -0.05) is 6.08 Å². The van der Waals surface area contributed by atoms with Crippen LogP contribution in [0.25, 0.3) is 0 Å². The standard InChI is InChI=1S/C20H28F6N2O2/c1-12(13-7-14(19(21,22)23)9-15(8-13)20(24,25)26)30-11-18(3)6-5-17(2,10-28-18)16(29)27-4/h7,9,12-13,28H,5-6,8,10-11H2,1-4H3,(H,27,29). The first kappa shape index (κ1) is 24.7. The quantitative estimate of drug-likeness (QED) is 0.625. The molecule has 1 heterocycles. The molecule has 0 spiro atoms. The van der Waals surface area contributed by atoms with Crippen LogP contribution in [0.4, 0.5) is 26.3 Å². The molecule has 0 saturated carbocycles. The lowest BCUT2D eigenvalue weighted by Gasteiger charge is -2.43. The van der Waals surface area contributed by atoms with Gasteiger partial charge >= 0.3 is 12.4 Å². The third-order valence-electron chi connectivity index (χ3n) is 6.05. The molecule has 0 radical (unpaired) electrons. The van der Waals surface area contributed by atoms with Crippen molar-refractivity contribution in [1.29, 1.82) is 0 Å². The molecule has 1 saturated heterocycles. The second-order valence-corrected chi connectivity index (χ2v) is 8.73. The number of halogens is 6. The number of ether oxygens (including phenoxy) is 1. The molecule has 0 aromatic heterocycles. The number of nitrogens with one attached hydrogen (secondary N) is 2. The van der Waals surface area contributed by atoms with Gasteiger partial charge in [0.25, 0.3) is 0 Å². The van der Waals surface area contributed by atoms with Crippen LogP contribution in [0.2, 0.25) is 0 Å². The summed E-state index contributed by atoms with van der Waals surface area (Å²) in [4.78, 5) is 12.0. The Labute approximate surface area is 172 Å². The van der Waals surface area contributed by atoms with E-state index in [1.54, 1.807) is 7.05 Å². The zero-order valence-corrected chi connectivity index (χ0v) is 17.4. The lowest BCUT2D eigenvalue weighted by molar-refractivity contribution is -0.132. The summed E-state index contributed by atoms with van der Waals surface area (Å²) in [5, 5.41) is 5.88. The average molecular weight is 442 g/mol. The van der Waals surface area contributed by atoms with Crippen LogP contribution in [0.5, 0.6) is 0 Å². The maximum atomic E-state index is 13.1. The molecule has 1 fully saturated rings. The van der Waals surface area contributed by atoms with Crippen LogP contribution in [-0.4, -0.2) is 50.1 Å². The average Bonchev–Trinajstić information content (AvgIpc) is 2.66. The van der Waals surface area contributed by atoms with Crippen molar-refractivity contribution in [2.45, 2.75) is 64.0 Å². The Kier molecular flexibility index (Phi) is 7.03. The van der Waals surface area contributed by atoms with E-state index in [1.165, 1.54) is 6.92 Å². The molecule has 1 aliphatic carbocycles. The van der Waals surface area contributed by atoms with E-state index in [1.807, 2.05) is 13.8 Å². The number of rotatable bonds is 5. The maximum Gasteiger partial charge on any atom is 0.416 e. The van der Waals surface area contributed by atoms with Crippen molar-refractivity contribution in [1.82, 2.24) is 10.6 Å². The number of alkyl halides is 6. The summed E-state index contributed by atoms with van der Waals surface area (Å²) < 4.78 is 84.3. The lowest BCUT2D eigenvalue weighted by atomic mass is 9.75. The molecular formula is C20H28F6N2O2. The molecule has 172 valence electrons. The minimum atomic E-state index is -4.86. The molecule has 0 bridgehead atoms. The Bertz CT molecular complexity index is 703. The van der Waals surface area contributed by atoms with Crippen molar-refractivity contribution in [3.05, 3.63) is 23.3 Å². The van der Waals surface area contributed by atoms with Crippen molar-refractivity contribution in [3.8, 4) is 0 Å². The Balaban J connectivity index is 2.04. The molecule has 1 aliphatic heterocycles. The van der Waals surface area contributed by atoms with Gasteiger partial charge in [-0.25, -0.2) is 0 Å². The zero-order valence-electron chi connectivity index (χ0n) is 17.4. The van der Waals surface area contributed by atoms with Crippen LogP contribution in [-0.2, 0) is 9.53 Å². The summed E-state index contributed by atoms with van der Waals surface area (Å²) in [6.45, 7) is 5.67. The van der Waals surface area contributed by atoms with Crippen molar-refractivity contribution >= 4 is 5.91 Å². The van der Waals surface area contributed by atoms with E-state index in [-0.39, 0.29) is 18.6 Å². The number of piperidine rings is 1. The highest BCUT2D eigenvalue weighted by atomic mass is 19.4. The van der Waals surface area contributed by atoms with Crippen molar-refractivity contribution in [3.63, 3.8) is 0 Å². The normalized spacial score (nSPS) is 31.6. The van der Waals surface area contributed by atoms with Crippen LogP contribution in [0.3, 0.4) is 0 Å². The number of hydrogen-bond acceptors (Lipinski definition) is 3. The number of amides is 1. The molecule has 2 aliphatic rings. The molecule has 4 unspecified atom stereocenters. The summed E-state index contributed by atoms with van der Waals surface area (Å²) in [7, 11) is 1.56. The van der Waals surface area contributed by atoms with Gasteiger partial charge in [-0.3, -0.25) is 4.79 Å². The topological polar surface area (TPSA) is 50.4 Å². The smallest absolute Gasteiger partial charge is 0.376 e. The number of allylic oxidation sites excluding steroid dienone is 3. The van der Waals surface area contributed by atoms with E-state index in [0.717, 1.165) is 6.08 Å². The largest absolute Gasteiger partial charge is 0.416 e. The van der Waals surface area contributed by atoms with E-state index in [0.29, 0.717) is 19.4 Å². The second-order valence-electron chi connectivity index (χ2n) is 8.73. The second kappa shape index (κ2) is 8.53. The van der Waals surface area contributed by atoms with Crippen molar-refractivity contribution < 1.29 is 35.9 Å². The van der Waals surface area contributed by atoms with E-state index in [9.17, 15) is 31.1 Å². The van der Waals surface area contributed by atoms with Crippen LogP contribution in [0, 0.1) is 11.3 Å². The van der Waals surface area contributed by atoms with Gasteiger partial charge in [-0.15, -0.1) is 0 Å². The fourth-order valence-electron chi connectivity index (χ4n) is 3.71. The molecule has 4 atom stereocenters. The molecule has 2 N–H and O–H groups in total. The first-order valence-electron chi connectivity index (χ1n) is 9.75. The molecule has 30 heavy (non-hydrogen) atoms. The molecule has 4 nitrogen and oxygen atoms in total. The van der Waals surface area contributed by atoms with Crippen LogP contribution < -0.4 is 10.6 Å². The van der Waals surface area contributed by atoms with Crippen LogP contribution in [0.15, 0.2) is 23.3 Å². The molecule has 2 rings (SSSR count). The minimum absolute atomic E-state index is 0.0928. The van der Waals surface area contributed by atoms with Gasteiger partial charge < -0.3 is 15.4 Å². The third-order valence-corrected chi connectivity index (χ3v) is 6.05. The summed E-state index contributed by atoms with van der Waals surface area (Å²) in [6.07, 6.45) is -8.96.